The van der Waals surface area contributed by atoms with Gasteiger partial charge in [-0.2, -0.15) is 0 Å². The fraction of sp³-hybridized carbons (Fsp3) is 0.444. The Kier molecular flexibility index (Phi) is 3.39. The third kappa shape index (κ3) is 3.83. The van der Waals surface area contributed by atoms with Gasteiger partial charge in [-0.3, -0.25) is 4.79 Å². The summed E-state index contributed by atoms with van der Waals surface area (Å²) >= 11 is 3.27. The van der Waals surface area contributed by atoms with Crippen LogP contribution in [0.1, 0.15) is 20.3 Å². The highest BCUT2D eigenvalue weighted by Crippen LogP contribution is 2.37. The summed E-state index contributed by atoms with van der Waals surface area (Å²) in [6, 6.07) is 3.99. The van der Waals surface area contributed by atoms with Gasteiger partial charge in [0.15, 0.2) is 0 Å². The smallest absolute Gasteiger partial charge is 0.304 e. The van der Waals surface area contributed by atoms with E-state index < -0.39 is 5.97 Å². The van der Waals surface area contributed by atoms with Gasteiger partial charge in [0.25, 0.3) is 0 Å². The summed E-state index contributed by atoms with van der Waals surface area (Å²) in [7, 11) is 0. The molecule has 0 bridgehead atoms. The van der Waals surface area contributed by atoms with E-state index in [9.17, 15) is 4.79 Å². The molecular formula is C9H12O2S2. The van der Waals surface area contributed by atoms with Crippen molar-refractivity contribution >= 4 is 29.1 Å². The van der Waals surface area contributed by atoms with Crippen molar-refractivity contribution in [2.24, 2.45) is 0 Å². The molecule has 4 heteroatoms. The molecule has 1 rings (SSSR count). The van der Waals surface area contributed by atoms with E-state index >= 15 is 0 Å². The van der Waals surface area contributed by atoms with Crippen LogP contribution >= 0.6 is 23.1 Å². The topological polar surface area (TPSA) is 37.3 Å². The van der Waals surface area contributed by atoms with E-state index in [2.05, 4.69) is 0 Å². The van der Waals surface area contributed by atoms with Gasteiger partial charge < -0.3 is 5.11 Å². The quantitative estimate of drug-likeness (QED) is 0.786. The van der Waals surface area contributed by atoms with Crippen molar-refractivity contribution in [3.63, 3.8) is 0 Å². The van der Waals surface area contributed by atoms with Crippen LogP contribution in [0.25, 0.3) is 0 Å². The Morgan fingerprint density at radius 2 is 2.38 bits per heavy atom. The van der Waals surface area contributed by atoms with Crippen molar-refractivity contribution < 1.29 is 9.90 Å². The second-order valence-corrected chi connectivity index (χ2v) is 6.32. The maximum atomic E-state index is 10.5. The summed E-state index contributed by atoms with van der Waals surface area (Å²) in [4.78, 5) is 10.5. The maximum Gasteiger partial charge on any atom is 0.304 e. The van der Waals surface area contributed by atoms with Gasteiger partial charge in [0.05, 0.1) is 10.6 Å². The lowest BCUT2D eigenvalue weighted by molar-refractivity contribution is -0.137. The summed E-state index contributed by atoms with van der Waals surface area (Å²) in [5.74, 6) is -0.742. The van der Waals surface area contributed by atoms with Crippen LogP contribution in [-0.4, -0.2) is 15.8 Å². The molecule has 0 saturated carbocycles. The first kappa shape index (κ1) is 10.6. The average Bonchev–Trinajstić information content (AvgIpc) is 2.34. The lowest BCUT2D eigenvalue weighted by Gasteiger charge is -2.20. The Hall–Kier alpha value is -0.480. The standard InChI is InChI=1S/C9H12O2S2/c1-9(2,6-7(10)11)13-8-4-3-5-12-8/h3-5H,6H2,1-2H3,(H,10,11). The van der Waals surface area contributed by atoms with Crippen molar-refractivity contribution in [2.45, 2.75) is 29.2 Å². The summed E-state index contributed by atoms with van der Waals surface area (Å²) in [6.07, 6.45) is 0.190. The number of thioether (sulfide) groups is 1. The molecule has 13 heavy (non-hydrogen) atoms. The van der Waals surface area contributed by atoms with Gasteiger partial charge in [0.2, 0.25) is 0 Å². The first-order valence-electron chi connectivity index (χ1n) is 3.94. The van der Waals surface area contributed by atoms with Crippen LogP contribution in [-0.2, 0) is 4.79 Å². The molecule has 0 saturated heterocycles. The predicted molar refractivity (Wildman–Crippen MR) is 56.5 cm³/mol. The Bertz CT molecular complexity index is 278. The molecule has 0 fully saturated rings. The minimum Gasteiger partial charge on any atom is -0.481 e. The summed E-state index contributed by atoms with van der Waals surface area (Å²) in [5.41, 5.74) is 0. The van der Waals surface area contributed by atoms with Crippen molar-refractivity contribution in [3.05, 3.63) is 17.5 Å². The fourth-order valence-electron chi connectivity index (χ4n) is 0.994. The second kappa shape index (κ2) is 4.15. The number of carboxylic acid groups (broad SMARTS) is 1. The first-order valence-corrected chi connectivity index (χ1v) is 5.63. The zero-order chi connectivity index (χ0) is 9.90. The molecule has 0 radical (unpaired) electrons. The Morgan fingerprint density at radius 1 is 1.69 bits per heavy atom. The normalized spacial score (nSPS) is 11.5. The molecule has 0 aromatic carbocycles. The van der Waals surface area contributed by atoms with E-state index in [4.69, 9.17) is 5.11 Å². The zero-order valence-corrected chi connectivity index (χ0v) is 9.24. The predicted octanol–water partition coefficient (Wildman–Crippen LogP) is 3.09. The molecule has 0 aliphatic carbocycles. The lowest BCUT2D eigenvalue weighted by Crippen LogP contribution is -2.19. The van der Waals surface area contributed by atoms with E-state index in [1.165, 1.54) is 4.21 Å². The maximum absolute atomic E-state index is 10.5. The van der Waals surface area contributed by atoms with Crippen LogP contribution in [0.5, 0.6) is 0 Å². The molecule has 0 spiro atoms. The van der Waals surface area contributed by atoms with E-state index in [1.54, 1.807) is 23.1 Å². The summed E-state index contributed by atoms with van der Waals surface area (Å²) in [6.45, 7) is 3.90. The van der Waals surface area contributed by atoms with Crippen LogP contribution in [0, 0.1) is 0 Å². The molecule has 0 aliphatic heterocycles. The monoisotopic (exact) mass is 216 g/mol. The molecule has 72 valence electrons. The molecule has 1 aromatic heterocycles. The largest absolute Gasteiger partial charge is 0.481 e. The van der Waals surface area contributed by atoms with Crippen molar-refractivity contribution in [1.29, 1.82) is 0 Å². The van der Waals surface area contributed by atoms with Crippen LogP contribution in [0.2, 0.25) is 0 Å². The molecular weight excluding hydrogens is 204 g/mol. The third-order valence-corrected chi connectivity index (χ3v) is 3.68. The van der Waals surface area contributed by atoms with Gasteiger partial charge >= 0.3 is 5.97 Å². The van der Waals surface area contributed by atoms with E-state index in [1.807, 2.05) is 31.4 Å². The molecule has 1 aromatic rings. The van der Waals surface area contributed by atoms with Gasteiger partial charge in [-0.15, -0.1) is 23.1 Å². The SMILES string of the molecule is CC(C)(CC(=O)O)Sc1cccs1. The van der Waals surface area contributed by atoms with Crippen LogP contribution < -0.4 is 0 Å². The Balaban J connectivity index is 2.56. The number of carbonyl (C=O) groups is 1. The van der Waals surface area contributed by atoms with Crippen LogP contribution in [0.3, 0.4) is 0 Å². The first-order chi connectivity index (χ1) is 5.99. The van der Waals surface area contributed by atoms with Crippen molar-refractivity contribution in [3.8, 4) is 0 Å². The highest BCUT2D eigenvalue weighted by Gasteiger charge is 2.23. The van der Waals surface area contributed by atoms with Crippen LogP contribution in [0.15, 0.2) is 21.7 Å². The van der Waals surface area contributed by atoms with E-state index in [0.29, 0.717) is 0 Å². The van der Waals surface area contributed by atoms with Crippen molar-refractivity contribution in [1.82, 2.24) is 0 Å². The van der Waals surface area contributed by atoms with Gasteiger partial charge in [-0.25, -0.2) is 0 Å². The summed E-state index contributed by atoms with van der Waals surface area (Å²) < 4.78 is 0.947. The van der Waals surface area contributed by atoms with Gasteiger partial charge in [-0.1, -0.05) is 6.07 Å². The molecule has 0 unspecified atom stereocenters. The fourth-order valence-corrected chi connectivity index (χ4v) is 3.37. The van der Waals surface area contributed by atoms with Crippen LogP contribution in [0.4, 0.5) is 0 Å². The Morgan fingerprint density at radius 3 is 2.85 bits per heavy atom. The molecule has 0 atom stereocenters. The third-order valence-electron chi connectivity index (χ3n) is 1.45. The highest BCUT2D eigenvalue weighted by molar-refractivity contribution is 8.02. The average molecular weight is 216 g/mol. The van der Waals surface area contributed by atoms with Crippen molar-refractivity contribution in [2.75, 3.05) is 0 Å². The van der Waals surface area contributed by atoms with E-state index in [0.717, 1.165) is 0 Å². The zero-order valence-electron chi connectivity index (χ0n) is 7.61. The van der Waals surface area contributed by atoms with Gasteiger partial charge in [0.1, 0.15) is 0 Å². The van der Waals surface area contributed by atoms with E-state index in [-0.39, 0.29) is 11.2 Å². The molecule has 0 amide bonds. The lowest BCUT2D eigenvalue weighted by atomic mass is 10.1. The molecule has 0 aliphatic rings. The van der Waals surface area contributed by atoms with Gasteiger partial charge in [0, 0.05) is 4.75 Å². The minimum atomic E-state index is -0.742. The number of rotatable bonds is 4. The molecule has 1 heterocycles. The molecule has 1 N–H and O–H groups in total. The number of aliphatic carboxylic acids is 1. The van der Waals surface area contributed by atoms with Gasteiger partial charge in [-0.05, 0) is 25.3 Å². The minimum absolute atomic E-state index is 0.190. The Labute approximate surface area is 86.0 Å². The second-order valence-electron chi connectivity index (χ2n) is 3.36. The number of hydrogen-bond donors (Lipinski definition) is 1. The summed E-state index contributed by atoms with van der Waals surface area (Å²) in [5, 5.41) is 10.7. The number of thiophene rings is 1. The number of carboxylic acids is 1. The molecule has 2 nitrogen and oxygen atoms in total. The highest BCUT2D eigenvalue weighted by atomic mass is 32.2. The number of hydrogen-bond acceptors (Lipinski definition) is 3.